The van der Waals surface area contributed by atoms with Gasteiger partial charge in [0, 0.05) is 31.9 Å². The average molecular weight is 287 g/mol. The highest BCUT2D eigenvalue weighted by molar-refractivity contribution is 5.76. The zero-order valence-corrected chi connectivity index (χ0v) is 12.7. The largest absolute Gasteiger partial charge is 0.341 e. The molecular weight excluding hydrogens is 262 g/mol. The van der Waals surface area contributed by atoms with E-state index in [1.807, 2.05) is 23.1 Å². The molecule has 1 aromatic heterocycles. The molecule has 4 rings (SSSR count). The highest BCUT2D eigenvalue weighted by Gasteiger charge is 2.43. The summed E-state index contributed by atoms with van der Waals surface area (Å²) in [6.07, 6.45) is 12.4. The summed E-state index contributed by atoms with van der Waals surface area (Å²) >= 11 is 0. The Morgan fingerprint density at radius 2 is 1.95 bits per heavy atom. The summed E-state index contributed by atoms with van der Waals surface area (Å²) < 4.78 is 2.03. The summed E-state index contributed by atoms with van der Waals surface area (Å²) in [6, 6.07) is 2.34. The molecule has 0 aromatic carbocycles. The van der Waals surface area contributed by atoms with Crippen LogP contribution >= 0.6 is 0 Å². The van der Waals surface area contributed by atoms with Crippen LogP contribution in [0.25, 0.3) is 0 Å². The number of carbonyl (C=O) groups is 1. The van der Waals surface area contributed by atoms with E-state index in [2.05, 4.69) is 10.00 Å². The van der Waals surface area contributed by atoms with Crippen LogP contribution in [0.1, 0.15) is 51.0 Å². The van der Waals surface area contributed by atoms with Gasteiger partial charge >= 0.3 is 0 Å². The van der Waals surface area contributed by atoms with E-state index in [9.17, 15) is 4.79 Å². The molecule has 2 saturated carbocycles. The van der Waals surface area contributed by atoms with Gasteiger partial charge in [0.15, 0.2) is 0 Å². The SMILES string of the molecule is O=C(CC(C1CC1)C1CC1)N1CCCC(n2cccn2)C1. The minimum Gasteiger partial charge on any atom is -0.341 e. The Bertz CT molecular complexity index is 478. The lowest BCUT2D eigenvalue weighted by Crippen LogP contribution is -2.41. The van der Waals surface area contributed by atoms with Gasteiger partial charge in [-0.1, -0.05) is 0 Å². The molecule has 0 N–H and O–H groups in total. The van der Waals surface area contributed by atoms with Crippen molar-refractivity contribution in [1.82, 2.24) is 14.7 Å². The number of carbonyl (C=O) groups excluding carboxylic acids is 1. The highest BCUT2D eigenvalue weighted by Crippen LogP contribution is 2.50. The summed E-state index contributed by atoms with van der Waals surface area (Å²) in [5.41, 5.74) is 0. The van der Waals surface area contributed by atoms with Crippen LogP contribution in [0.15, 0.2) is 18.5 Å². The van der Waals surface area contributed by atoms with Gasteiger partial charge in [-0.25, -0.2) is 0 Å². The van der Waals surface area contributed by atoms with Crippen LogP contribution in [0.3, 0.4) is 0 Å². The second-order valence-corrected chi connectivity index (χ2v) is 7.16. The van der Waals surface area contributed by atoms with E-state index >= 15 is 0 Å². The summed E-state index contributed by atoms with van der Waals surface area (Å²) in [6.45, 7) is 1.79. The lowest BCUT2D eigenvalue weighted by atomic mass is 9.93. The molecule has 0 spiro atoms. The van der Waals surface area contributed by atoms with Gasteiger partial charge in [0.2, 0.25) is 5.91 Å². The lowest BCUT2D eigenvalue weighted by molar-refractivity contribution is -0.134. The van der Waals surface area contributed by atoms with Crippen molar-refractivity contribution in [1.29, 1.82) is 0 Å². The van der Waals surface area contributed by atoms with Crippen molar-refractivity contribution >= 4 is 5.91 Å². The number of hydrogen-bond acceptors (Lipinski definition) is 2. The molecule has 3 aliphatic rings. The molecule has 1 unspecified atom stereocenters. The third-order valence-corrected chi connectivity index (χ3v) is 5.51. The number of hydrogen-bond donors (Lipinski definition) is 0. The lowest BCUT2D eigenvalue weighted by Gasteiger charge is -2.34. The van der Waals surface area contributed by atoms with Crippen LogP contribution in [0.5, 0.6) is 0 Å². The van der Waals surface area contributed by atoms with Gasteiger partial charge in [-0.2, -0.15) is 5.10 Å². The fraction of sp³-hybridized carbons (Fsp3) is 0.765. The Labute approximate surface area is 126 Å². The Hall–Kier alpha value is -1.32. The van der Waals surface area contributed by atoms with E-state index in [1.165, 1.54) is 25.7 Å². The van der Waals surface area contributed by atoms with E-state index in [4.69, 9.17) is 0 Å². The highest BCUT2D eigenvalue weighted by atomic mass is 16.2. The van der Waals surface area contributed by atoms with E-state index in [1.54, 1.807) is 0 Å². The minimum atomic E-state index is 0.373. The van der Waals surface area contributed by atoms with Gasteiger partial charge in [0.1, 0.15) is 0 Å². The number of nitrogens with zero attached hydrogens (tertiary/aromatic N) is 3. The van der Waals surface area contributed by atoms with Gasteiger partial charge in [0.05, 0.1) is 6.04 Å². The molecule has 2 heterocycles. The van der Waals surface area contributed by atoms with Crippen molar-refractivity contribution in [3.8, 4) is 0 Å². The number of aromatic nitrogens is 2. The van der Waals surface area contributed by atoms with E-state index in [-0.39, 0.29) is 0 Å². The van der Waals surface area contributed by atoms with Crippen LogP contribution in [-0.2, 0) is 4.79 Å². The third-order valence-electron chi connectivity index (χ3n) is 5.51. The van der Waals surface area contributed by atoms with Crippen molar-refractivity contribution in [2.75, 3.05) is 13.1 Å². The van der Waals surface area contributed by atoms with E-state index in [0.29, 0.717) is 17.9 Å². The normalized spacial score (nSPS) is 26.3. The maximum Gasteiger partial charge on any atom is 0.222 e. The number of amides is 1. The second kappa shape index (κ2) is 5.47. The molecule has 114 valence electrons. The van der Waals surface area contributed by atoms with E-state index in [0.717, 1.165) is 44.2 Å². The molecule has 21 heavy (non-hydrogen) atoms. The topological polar surface area (TPSA) is 38.1 Å². The molecule has 0 bridgehead atoms. The number of likely N-dealkylation sites (tertiary alicyclic amines) is 1. The molecule has 1 atom stereocenters. The quantitative estimate of drug-likeness (QED) is 0.835. The molecule has 1 amide bonds. The predicted molar refractivity (Wildman–Crippen MR) is 80.6 cm³/mol. The van der Waals surface area contributed by atoms with Crippen molar-refractivity contribution in [3.05, 3.63) is 18.5 Å². The van der Waals surface area contributed by atoms with Crippen LogP contribution in [-0.4, -0.2) is 33.7 Å². The molecule has 3 fully saturated rings. The molecule has 1 aliphatic heterocycles. The van der Waals surface area contributed by atoms with Crippen molar-refractivity contribution < 1.29 is 4.79 Å². The second-order valence-electron chi connectivity index (χ2n) is 7.16. The molecule has 0 radical (unpaired) electrons. The first-order chi connectivity index (χ1) is 10.3. The molecular formula is C17H25N3O. The van der Waals surface area contributed by atoms with Gasteiger partial charge in [-0.15, -0.1) is 0 Å². The first kappa shape index (κ1) is 13.4. The third kappa shape index (κ3) is 2.99. The standard InChI is InChI=1S/C17H25N3O/c21-17(11-16(13-4-5-13)14-6-7-14)19-9-1-3-15(12-19)20-10-2-8-18-20/h2,8,10,13-16H,1,3-7,9,11-12H2. The fourth-order valence-corrected chi connectivity index (χ4v) is 3.99. The summed E-state index contributed by atoms with van der Waals surface area (Å²) in [5.74, 6) is 2.83. The van der Waals surface area contributed by atoms with Crippen LogP contribution < -0.4 is 0 Å². The van der Waals surface area contributed by atoms with Crippen molar-refractivity contribution in [3.63, 3.8) is 0 Å². The average Bonchev–Trinajstić information content (AvgIpc) is 3.44. The first-order valence-electron chi connectivity index (χ1n) is 8.58. The van der Waals surface area contributed by atoms with Crippen LogP contribution in [0.4, 0.5) is 0 Å². The van der Waals surface area contributed by atoms with Crippen molar-refractivity contribution in [2.24, 2.45) is 17.8 Å². The van der Waals surface area contributed by atoms with Crippen LogP contribution in [0, 0.1) is 17.8 Å². The minimum absolute atomic E-state index is 0.373. The zero-order valence-electron chi connectivity index (χ0n) is 12.7. The molecule has 4 nitrogen and oxygen atoms in total. The predicted octanol–water partition coefficient (Wildman–Crippen LogP) is 2.87. The number of rotatable bonds is 5. The van der Waals surface area contributed by atoms with Crippen LogP contribution in [0.2, 0.25) is 0 Å². The maximum absolute atomic E-state index is 12.7. The van der Waals surface area contributed by atoms with Gasteiger partial charge in [-0.3, -0.25) is 9.48 Å². The maximum atomic E-state index is 12.7. The summed E-state index contributed by atoms with van der Waals surface area (Å²) in [4.78, 5) is 14.8. The molecule has 1 aromatic rings. The summed E-state index contributed by atoms with van der Waals surface area (Å²) in [5, 5.41) is 4.35. The van der Waals surface area contributed by atoms with Gasteiger partial charge in [-0.05, 0) is 62.3 Å². The Balaban J connectivity index is 1.37. The monoisotopic (exact) mass is 287 g/mol. The van der Waals surface area contributed by atoms with E-state index < -0.39 is 0 Å². The van der Waals surface area contributed by atoms with Gasteiger partial charge in [0.25, 0.3) is 0 Å². The smallest absolute Gasteiger partial charge is 0.222 e. The van der Waals surface area contributed by atoms with Crippen molar-refractivity contribution in [2.45, 2.75) is 51.0 Å². The molecule has 2 aliphatic carbocycles. The zero-order chi connectivity index (χ0) is 14.2. The summed E-state index contributed by atoms with van der Waals surface area (Å²) in [7, 11) is 0. The first-order valence-corrected chi connectivity index (χ1v) is 8.58. The molecule has 1 saturated heterocycles. The Morgan fingerprint density at radius 1 is 1.19 bits per heavy atom. The fourth-order valence-electron chi connectivity index (χ4n) is 3.99. The number of piperidine rings is 1. The molecule has 4 heteroatoms. The van der Waals surface area contributed by atoms with Gasteiger partial charge < -0.3 is 4.90 Å². The Kier molecular flexibility index (Phi) is 3.48. The Morgan fingerprint density at radius 3 is 2.57 bits per heavy atom.